The van der Waals surface area contributed by atoms with Gasteiger partial charge in [0.2, 0.25) is 0 Å². The van der Waals surface area contributed by atoms with Crippen LogP contribution in [0.15, 0.2) is 36.4 Å². The number of rotatable bonds is 2. The number of halogens is 1. The fourth-order valence-corrected chi connectivity index (χ4v) is 1.50. The van der Waals surface area contributed by atoms with Crippen LogP contribution in [0.25, 0.3) is 0 Å². The first-order valence-electron chi connectivity index (χ1n) is 5.36. The van der Waals surface area contributed by atoms with Crippen molar-refractivity contribution in [3.63, 3.8) is 0 Å². The molecule has 0 aliphatic carbocycles. The molecule has 0 spiro atoms. The molecule has 0 aliphatic heterocycles. The second-order valence-corrected chi connectivity index (χ2v) is 3.89. The van der Waals surface area contributed by atoms with Gasteiger partial charge < -0.3 is 11.1 Å². The van der Waals surface area contributed by atoms with E-state index < -0.39 is 11.7 Å². The smallest absolute Gasteiger partial charge is 0.274 e. The summed E-state index contributed by atoms with van der Waals surface area (Å²) in [5.74, 6) is -0.739. The summed E-state index contributed by atoms with van der Waals surface area (Å²) < 4.78 is 13.5. The van der Waals surface area contributed by atoms with Crippen LogP contribution in [0.1, 0.15) is 16.1 Å². The van der Waals surface area contributed by atoms with Crippen molar-refractivity contribution in [3.05, 3.63) is 53.5 Å². The van der Waals surface area contributed by atoms with E-state index in [9.17, 15) is 9.18 Å². The lowest BCUT2D eigenvalue weighted by molar-refractivity contribution is 0.102. The number of pyridine rings is 1. The molecule has 1 aromatic heterocycles. The van der Waals surface area contributed by atoms with Gasteiger partial charge in [-0.1, -0.05) is 12.1 Å². The molecule has 0 atom stereocenters. The lowest BCUT2D eigenvalue weighted by atomic mass is 10.2. The molecule has 1 amide bonds. The Morgan fingerprint density at radius 3 is 2.83 bits per heavy atom. The van der Waals surface area contributed by atoms with Crippen molar-refractivity contribution in [2.75, 3.05) is 11.1 Å². The third-order valence-corrected chi connectivity index (χ3v) is 2.37. The van der Waals surface area contributed by atoms with E-state index in [-0.39, 0.29) is 17.2 Å². The molecule has 1 heterocycles. The number of benzene rings is 1. The van der Waals surface area contributed by atoms with Gasteiger partial charge in [0.25, 0.3) is 5.91 Å². The quantitative estimate of drug-likeness (QED) is 0.853. The molecular formula is C13H12FN3O. The van der Waals surface area contributed by atoms with Gasteiger partial charge in [-0.25, -0.2) is 9.37 Å². The first-order valence-corrected chi connectivity index (χ1v) is 5.36. The molecule has 0 aliphatic rings. The van der Waals surface area contributed by atoms with Gasteiger partial charge in [0, 0.05) is 0 Å². The van der Waals surface area contributed by atoms with Crippen molar-refractivity contribution in [3.8, 4) is 0 Å². The average Bonchev–Trinajstić information content (AvgIpc) is 2.34. The Morgan fingerprint density at radius 2 is 2.11 bits per heavy atom. The SMILES string of the molecule is Cc1ccc(F)c(NC(=O)c2cccc(N)n2)c1. The van der Waals surface area contributed by atoms with Gasteiger partial charge in [-0.3, -0.25) is 4.79 Å². The van der Waals surface area contributed by atoms with Crippen molar-refractivity contribution >= 4 is 17.4 Å². The van der Waals surface area contributed by atoms with Crippen LogP contribution in [0.2, 0.25) is 0 Å². The second-order valence-electron chi connectivity index (χ2n) is 3.89. The number of hydrogen-bond donors (Lipinski definition) is 2. The third-order valence-electron chi connectivity index (χ3n) is 2.37. The number of nitrogen functional groups attached to an aromatic ring is 1. The Hall–Kier alpha value is -2.43. The van der Waals surface area contributed by atoms with Crippen molar-refractivity contribution in [2.45, 2.75) is 6.92 Å². The summed E-state index contributed by atoms with van der Waals surface area (Å²) in [7, 11) is 0. The van der Waals surface area contributed by atoms with E-state index in [2.05, 4.69) is 10.3 Å². The van der Waals surface area contributed by atoms with Gasteiger partial charge in [0.1, 0.15) is 17.3 Å². The Bertz CT molecular complexity index is 599. The number of hydrogen-bond acceptors (Lipinski definition) is 3. The zero-order chi connectivity index (χ0) is 13.1. The number of carbonyl (C=O) groups is 1. The number of amides is 1. The second kappa shape index (κ2) is 4.83. The van der Waals surface area contributed by atoms with Gasteiger partial charge >= 0.3 is 0 Å². The van der Waals surface area contributed by atoms with Crippen LogP contribution in [0.3, 0.4) is 0 Å². The molecule has 4 nitrogen and oxygen atoms in total. The molecule has 0 unspecified atom stereocenters. The number of aryl methyl sites for hydroxylation is 1. The summed E-state index contributed by atoms with van der Waals surface area (Å²) >= 11 is 0. The third kappa shape index (κ3) is 2.63. The lowest BCUT2D eigenvalue weighted by Crippen LogP contribution is -2.15. The number of nitrogens with two attached hydrogens (primary N) is 1. The zero-order valence-corrected chi connectivity index (χ0v) is 9.77. The average molecular weight is 245 g/mol. The summed E-state index contributed by atoms with van der Waals surface area (Å²) in [6.07, 6.45) is 0. The largest absolute Gasteiger partial charge is 0.384 e. The summed E-state index contributed by atoms with van der Waals surface area (Å²) in [4.78, 5) is 15.7. The predicted octanol–water partition coefficient (Wildman–Crippen LogP) is 2.36. The molecule has 0 fully saturated rings. The molecule has 18 heavy (non-hydrogen) atoms. The highest BCUT2D eigenvalue weighted by Crippen LogP contribution is 2.16. The number of aromatic nitrogens is 1. The predicted molar refractivity (Wildman–Crippen MR) is 67.7 cm³/mol. The van der Waals surface area contributed by atoms with Gasteiger partial charge in [-0.2, -0.15) is 0 Å². The van der Waals surface area contributed by atoms with E-state index in [4.69, 9.17) is 5.73 Å². The highest BCUT2D eigenvalue weighted by Gasteiger charge is 2.10. The van der Waals surface area contributed by atoms with Crippen LogP contribution in [0.5, 0.6) is 0 Å². The molecular weight excluding hydrogens is 233 g/mol. The van der Waals surface area contributed by atoms with Crippen LogP contribution in [-0.4, -0.2) is 10.9 Å². The molecule has 0 saturated heterocycles. The standard InChI is InChI=1S/C13H12FN3O/c1-8-5-6-9(14)11(7-8)17-13(18)10-3-2-4-12(15)16-10/h2-7H,1H3,(H2,15,16)(H,17,18). The maximum Gasteiger partial charge on any atom is 0.274 e. The highest BCUT2D eigenvalue weighted by atomic mass is 19.1. The lowest BCUT2D eigenvalue weighted by Gasteiger charge is -2.07. The topological polar surface area (TPSA) is 68.0 Å². The first-order chi connectivity index (χ1) is 8.56. The summed E-state index contributed by atoms with van der Waals surface area (Å²) in [5.41, 5.74) is 6.61. The van der Waals surface area contributed by atoms with Gasteiger partial charge in [-0.15, -0.1) is 0 Å². The van der Waals surface area contributed by atoms with Gasteiger partial charge in [0.05, 0.1) is 5.69 Å². The maximum atomic E-state index is 13.5. The molecule has 1 aromatic carbocycles. The molecule has 0 radical (unpaired) electrons. The number of anilines is 2. The Labute approximate surface area is 104 Å². The van der Waals surface area contributed by atoms with Crippen LogP contribution in [0, 0.1) is 12.7 Å². The van der Waals surface area contributed by atoms with Crippen LogP contribution >= 0.6 is 0 Å². The van der Waals surface area contributed by atoms with E-state index in [0.29, 0.717) is 0 Å². The summed E-state index contributed by atoms with van der Waals surface area (Å²) in [5, 5.41) is 2.46. The van der Waals surface area contributed by atoms with E-state index in [1.807, 2.05) is 6.92 Å². The van der Waals surface area contributed by atoms with Crippen molar-refractivity contribution < 1.29 is 9.18 Å². The monoisotopic (exact) mass is 245 g/mol. The molecule has 0 saturated carbocycles. The minimum atomic E-state index is -0.494. The molecule has 2 aromatic rings. The minimum Gasteiger partial charge on any atom is -0.384 e. The Morgan fingerprint density at radius 1 is 1.33 bits per heavy atom. The normalized spacial score (nSPS) is 10.1. The number of carbonyl (C=O) groups excluding carboxylic acids is 1. The summed E-state index contributed by atoms with van der Waals surface area (Å²) in [6, 6.07) is 9.19. The van der Waals surface area contributed by atoms with Crippen molar-refractivity contribution in [2.24, 2.45) is 0 Å². The van der Waals surface area contributed by atoms with E-state index in [1.165, 1.54) is 12.1 Å². The molecule has 92 valence electrons. The zero-order valence-electron chi connectivity index (χ0n) is 9.77. The Balaban J connectivity index is 2.24. The van der Waals surface area contributed by atoms with Crippen LogP contribution < -0.4 is 11.1 Å². The Kier molecular flexibility index (Phi) is 3.23. The molecule has 3 N–H and O–H groups in total. The fourth-order valence-electron chi connectivity index (χ4n) is 1.50. The van der Waals surface area contributed by atoms with Gasteiger partial charge in [0.15, 0.2) is 0 Å². The van der Waals surface area contributed by atoms with Gasteiger partial charge in [-0.05, 0) is 36.8 Å². The maximum absolute atomic E-state index is 13.5. The number of nitrogens with zero attached hydrogens (tertiary/aromatic N) is 1. The number of nitrogens with one attached hydrogen (secondary N) is 1. The highest BCUT2D eigenvalue weighted by molar-refractivity contribution is 6.03. The minimum absolute atomic E-state index is 0.129. The van der Waals surface area contributed by atoms with E-state index in [1.54, 1.807) is 24.3 Å². The van der Waals surface area contributed by atoms with Crippen molar-refractivity contribution in [1.29, 1.82) is 0 Å². The molecule has 2 rings (SSSR count). The fraction of sp³-hybridized carbons (Fsp3) is 0.0769. The molecule has 0 bridgehead atoms. The van der Waals surface area contributed by atoms with Crippen molar-refractivity contribution in [1.82, 2.24) is 4.98 Å². The summed E-state index contributed by atoms with van der Waals surface area (Å²) in [6.45, 7) is 1.81. The molecule has 5 heteroatoms. The van der Waals surface area contributed by atoms with Crippen LogP contribution in [0.4, 0.5) is 15.9 Å². The first kappa shape index (κ1) is 12.0. The van der Waals surface area contributed by atoms with E-state index >= 15 is 0 Å². The van der Waals surface area contributed by atoms with E-state index in [0.717, 1.165) is 5.56 Å². The van der Waals surface area contributed by atoms with Crippen LogP contribution in [-0.2, 0) is 0 Å².